The summed E-state index contributed by atoms with van der Waals surface area (Å²) in [5.74, 6) is -0.828. The van der Waals surface area contributed by atoms with Gasteiger partial charge in [-0.1, -0.05) is 0 Å². The summed E-state index contributed by atoms with van der Waals surface area (Å²) in [5.41, 5.74) is 0.160. The van der Waals surface area contributed by atoms with Crippen molar-refractivity contribution in [2.45, 2.75) is 12.8 Å². The van der Waals surface area contributed by atoms with Crippen LogP contribution in [0.1, 0.15) is 12.8 Å². The first-order valence-corrected chi connectivity index (χ1v) is 5.00. The first-order valence-electron chi connectivity index (χ1n) is 5.00. The molecule has 1 heterocycles. The van der Waals surface area contributed by atoms with Crippen molar-refractivity contribution in [3.63, 3.8) is 0 Å². The van der Waals surface area contributed by atoms with Crippen LogP contribution in [-0.4, -0.2) is 36.0 Å². The van der Waals surface area contributed by atoms with Gasteiger partial charge in [-0.25, -0.2) is 0 Å². The van der Waals surface area contributed by atoms with Crippen LogP contribution in [0.15, 0.2) is 23.6 Å². The van der Waals surface area contributed by atoms with Gasteiger partial charge in [0.15, 0.2) is 5.76 Å². The number of nitrogens with zero attached hydrogens (tertiary/aromatic N) is 1. The summed E-state index contributed by atoms with van der Waals surface area (Å²) >= 11 is 0. The fourth-order valence-electron chi connectivity index (χ4n) is 1.80. The van der Waals surface area contributed by atoms with Crippen LogP contribution in [0.4, 0.5) is 0 Å². The van der Waals surface area contributed by atoms with Crippen LogP contribution in [-0.2, 0) is 19.1 Å². The SMILES string of the molecule is COC1=CC(=O)C(N2CCCC2=O)=CC1=O. The van der Waals surface area contributed by atoms with Crippen molar-refractivity contribution < 1.29 is 19.1 Å². The molecule has 2 aliphatic rings. The maximum Gasteiger partial charge on any atom is 0.227 e. The van der Waals surface area contributed by atoms with Crippen LogP contribution in [0.2, 0.25) is 0 Å². The number of likely N-dealkylation sites (tertiary alicyclic amines) is 1. The summed E-state index contributed by atoms with van der Waals surface area (Å²) < 4.78 is 4.75. The van der Waals surface area contributed by atoms with Gasteiger partial charge in [-0.05, 0) is 6.42 Å². The lowest BCUT2D eigenvalue weighted by molar-refractivity contribution is -0.128. The highest BCUT2D eigenvalue weighted by Gasteiger charge is 2.30. The first-order chi connectivity index (χ1) is 7.63. The zero-order chi connectivity index (χ0) is 11.7. The second-order valence-electron chi connectivity index (χ2n) is 3.62. The van der Waals surface area contributed by atoms with E-state index in [4.69, 9.17) is 4.74 Å². The zero-order valence-electron chi connectivity index (χ0n) is 8.86. The molecule has 1 amide bonds. The number of ether oxygens (including phenoxy) is 1. The molecule has 1 fully saturated rings. The van der Waals surface area contributed by atoms with Gasteiger partial charge in [0.05, 0.1) is 12.8 Å². The third kappa shape index (κ3) is 1.64. The molecule has 0 saturated carbocycles. The molecule has 0 radical (unpaired) electrons. The number of rotatable bonds is 2. The van der Waals surface area contributed by atoms with Crippen LogP contribution in [0, 0.1) is 0 Å². The van der Waals surface area contributed by atoms with Gasteiger partial charge < -0.3 is 9.64 Å². The van der Waals surface area contributed by atoms with Crippen molar-refractivity contribution in [2.75, 3.05) is 13.7 Å². The number of hydrogen-bond donors (Lipinski definition) is 0. The van der Waals surface area contributed by atoms with E-state index in [1.165, 1.54) is 18.1 Å². The topological polar surface area (TPSA) is 63.7 Å². The summed E-state index contributed by atoms with van der Waals surface area (Å²) in [6, 6.07) is 0. The summed E-state index contributed by atoms with van der Waals surface area (Å²) in [6.07, 6.45) is 3.45. The van der Waals surface area contributed by atoms with Crippen molar-refractivity contribution in [1.82, 2.24) is 4.90 Å². The van der Waals surface area contributed by atoms with E-state index < -0.39 is 0 Å². The molecular weight excluding hydrogens is 210 g/mol. The van der Waals surface area contributed by atoms with E-state index in [1.807, 2.05) is 0 Å². The zero-order valence-corrected chi connectivity index (χ0v) is 8.86. The first kappa shape index (κ1) is 10.6. The monoisotopic (exact) mass is 221 g/mol. The fraction of sp³-hybridized carbons (Fsp3) is 0.364. The summed E-state index contributed by atoms with van der Waals surface area (Å²) in [7, 11) is 1.33. The summed E-state index contributed by atoms with van der Waals surface area (Å²) in [5, 5.41) is 0. The Morgan fingerprint density at radius 1 is 1.19 bits per heavy atom. The van der Waals surface area contributed by atoms with Gasteiger partial charge in [0.1, 0.15) is 0 Å². The molecule has 5 nitrogen and oxygen atoms in total. The number of carbonyl (C=O) groups is 3. The summed E-state index contributed by atoms with van der Waals surface area (Å²) in [6.45, 7) is 0.500. The van der Waals surface area contributed by atoms with Gasteiger partial charge in [0.2, 0.25) is 17.5 Å². The van der Waals surface area contributed by atoms with E-state index in [9.17, 15) is 14.4 Å². The molecule has 1 aliphatic carbocycles. The van der Waals surface area contributed by atoms with Crippen molar-refractivity contribution in [3.8, 4) is 0 Å². The van der Waals surface area contributed by atoms with Gasteiger partial charge in [-0.15, -0.1) is 0 Å². The van der Waals surface area contributed by atoms with Crippen molar-refractivity contribution >= 4 is 17.5 Å². The maximum absolute atomic E-state index is 11.7. The van der Waals surface area contributed by atoms with Crippen molar-refractivity contribution in [1.29, 1.82) is 0 Å². The van der Waals surface area contributed by atoms with Gasteiger partial charge >= 0.3 is 0 Å². The Kier molecular flexibility index (Phi) is 2.60. The summed E-state index contributed by atoms with van der Waals surface area (Å²) in [4.78, 5) is 36.0. The molecule has 84 valence electrons. The molecule has 0 aromatic heterocycles. The minimum absolute atomic E-state index is 0.0143. The third-order valence-electron chi connectivity index (χ3n) is 2.61. The number of allylic oxidation sites excluding steroid dienone is 2. The molecule has 0 N–H and O–H groups in total. The Balaban J connectivity index is 2.28. The van der Waals surface area contributed by atoms with E-state index in [2.05, 4.69) is 0 Å². The minimum atomic E-state index is -0.378. The molecule has 0 aromatic carbocycles. The van der Waals surface area contributed by atoms with E-state index in [0.29, 0.717) is 13.0 Å². The van der Waals surface area contributed by atoms with Crippen LogP contribution in [0.25, 0.3) is 0 Å². The highest BCUT2D eigenvalue weighted by Crippen LogP contribution is 2.21. The van der Waals surface area contributed by atoms with Crippen LogP contribution in [0.5, 0.6) is 0 Å². The third-order valence-corrected chi connectivity index (χ3v) is 2.61. The predicted molar refractivity (Wildman–Crippen MR) is 54.1 cm³/mol. The standard InChI is InChI=1S/C11H11NO4/c1-16-10-6-8(13)7(5-9(10)14)12-4-2-3-11(12)15/h5-6H,2-4H2,1H3. The van der Waals surface area contributed by atoms with E-state index in [0.717, 1.165) is 12.5 Å². The smallest absolute Gasteiger partial charge is 0.227 e. The highest BCUT2D eigenvalue weighted by atomic mass is 16.5. The highest BCUT2D eigenvalue weighted by molar-refractivity contribution is 6.19. The normalized spacial score (nSPS) is 21.1. The van der Waals surface area contributed by atoms with Crippen molar-refractivity contribution in [2.24, 2.45) is 0 Å². The number of ketones is 2. The molecule has 0 spiro atoms. The fourth-order valence-corrected chi connectivity index (χ4v) is 1.80. The molecule has 2 rings (SSSR count). The Bertz CT molecular complexity index is 433. The molecular formula is C11H11NO4. The van der Waals surface area contributed by atoms with E-state index in [1.54, 1.807) is 0 Å². The number of methoxy groups -OCH3 is 1. The Hall–Kier alpha value is -1.91. The van der Waals surface area contributed by atoms with Gasteiger partial charge in [0, 0.05) is 25.1 Å². The maximum atomic E-state index is 11.7. The largest absolute Gasteiger partial charge is 0.493 e. The lowest BCUT2D eigenvalue weighted by Gasteiger charge is -2.19. The molecule has 16 heavy (non-hydrogen) atoms. The second kappa shape index (κ2) is 3.92. The molecule has 0 unspecified atom stereocenters. The van der Waals surface area contributed by atoms with Crippen LogP contribution < -0.4 is 0 Å². The number of carbonyl (C=O) groups excluding carboxylic acids is 3. The van der Waals surface area contributed by atoms with Gasteiger partial charge in [0.25, 0.3) is 0 Å². The quantitative estimate of drug-likeness (QED) is 0.624. The Morgan fingerprint density at radius 2 is 1.94 bits per heavy atom. The molecule has 0 aromatic rings. The molecule has 1 aliphatic heterocycles. The molecule has 0 atom stereocenters. The van der Waals surface area contributed by atoms with Gasteiger partial charge in [-0.3, -0.25) is 14.4 Å². The van der Waals surface area contributed by atoms with Crippen LogP contribution in [0.3, 0.4) is 0 Å². The lowest BCUT2D eigenvalue weighted by Crippen LogP contribution is -2.31. The lowest BCUT2D eigenvalue weighted by atomic mass is 10.1. The Morgan fingerprint density at radius 3 is 2.50 bits per heavy atom. The van der Waals surface area contributed by atoms with E-state index in [-0.39, 0.29) is 28.9 Å². The number of hydrogen-bond acceptors (Lipinski definition) is 4. The second-order valence-corrected chi connectivity index (χ2v) is 3.62. The van der Waals surface area contributed by atoms with Crippen LogP contribution >= 0.6 is 0 Å². The average molecular weight is 221 g/mol. The van der Waals surface area contributed by atoms with E-state index >= 15 is 0 Å². The molecule has 0 bridgehead atoms. The Labute approximate surface area is 92.4 Å². The predicted octanol–water partition coefficient (Wildman–Crippen LogP) is 0.175. The average Bonchev–Trinajstić information content (AvgIpc) is 2.67. The van der Waals surface area contributed by atoms with Crippen molar-refractivity contribution in [3.05, 3.63) is 23.6 Å². The van der Waals surface area contributed by atoms with Gasteiger partial charge in [-0.2, -0.15) is 0 Å². The molecule has 1 saturated heterocycles. The number of amides is 1. The minimum Gasteiger partial charge on any atom is -0.493 e. The molecule has 5 heteroatoms.